The van der Waals surface area contributed by atoms with Crippen LogP contribution in [0.3, 0.4) is 0 Å². The molecule has 140 valence electrons. The Hall–Kier alpha value is -3.42. The van der Waals surface area contributed by atoms with Crippen molar-refractivity contribution in [1.82, 2.24) is 9.80 Å². The SMILES string of the molecule is O=C(c1cc(O)cc(O)c1)N1CCN(C(=O)c2ccc3c(c2)OCO3)CC1. The Balaban J connectivity index is 1.41. The fourth-order valence-electron chi connectivity index (χ4n) is 3.23. The third kappa shape index (κ3) is 3.33. The van der Waals surface area contributed by atoms with Gasteiger partial charge in [-0.05, 0) is 30.3 Å². The van der Waals surface area contributed by atoms with E-state index in [4.69, 9.17) is 9.47 Å². The number of aromatic hydroxyl groups is 2. The maximum absolute atomic E-state index is 12.7. The monoisotopic (exact) mass is 370 g/mol. The van der Waals surface area contributed by atoms with Crippen molar-refractivity contribution in [1.29, 1.82) is 0 Å². The summed E-state index contributed by atoms with van der Waals surface area (Å²) in [7, 11) is 0. The Morgan fingerprint density at radius 1 is 0.741 bits per heavy atom. The third-order valence-electron chi connectivity index (χ3n) is 4.62. The fraction of sp³-hybridized carbons (Fsp3) is 0.263. The maximum Gasteiger partial charge on any atom is 0.254 e. The zero-order valence-electron chi connectivity index (χ0n) is 14.4. The molecule has 0 saturated carbocycles. The van der Waals surface area contributed by atoms with E-state index in [0.717, 1.165) is 0 Å². The molecule has 0 aromatic heterocycles. The van der Waals surface area contributed by atoms with Crippen molar-refractivity contribution in [2.24, 2.45) is 0 Å². The lowest BCUT2D eigenvalue weighted by Gasteiger charge is -2.35. The number of piperazine rings is 1. The molecule has 0 atom stereocenters. The highest BCUT2D eigenvalue weighted by Gasteiger charge is 2.27. The van der Waals surface area contributed by atoms with Crippen LogP contribution in [0.4, 0.5) is 0 Å². The molecule has 8 heteroatoms. The standard InChI is InChI=1S/C19H18N2O6/c22-14-7-13(8-15(23)10-14)19(25)21-5-3-20(4-6-21)18(24)12-1-2-16-17(9-12)27-11-26-16/h1-2,7-10,22-23H,3-6,11H2. The van der Waals surface area contributed by atoms with Crippen LogP contribution in [0.1, 0.15) is 20.7 Å². The number of fused-ring (bicyclic) bond motifs is 1. The number of amides is 2. The van der Waals surface area contributed by atoms with Gasteiger partial charge in [0.15, 0.2) is 11.5 Å². The molecule has 2 amide bonds. The number of carbonyl (C=O) groups is 2. The second-order valence-electron chi connectivity index (χ2n) is 6.39. The van der Waals surface area contributed by atoms with Crippen LogP contribution < -0.4 is 9.47 Å². The first-order valence-corrected chi connectivity index (χ1v) is 8.52. The molecule has 4 rings (SSSR count). The van der Waals surface area contributed by atoms with Gasteiger partial charge < -0.3 is 29.5 Å². The quantitative estimate of drug-likeness (QED) is 0.830. The van der Waals surface area contributed by atoms with Gasteiger partial charge in [-0.3, -0.25) is 9.59 Å². The van der Waals surface area contributed by atoms with E-state index in [1.807, 2.05) is 0 Å². The van der Waals surface area contributed by atoms with Crippen LogP contribution in [-0.4, -0.2) is 64.8 Å². The lowest BCUT2D eigenvalue weighted by atomic mass is 10.1. The molecule has 2 aliphatic rings. The van der Waals surface area contributed by atoms with Crippen molar-refractivity contribution >= 4 is 11.8 Å². The minimum Gasteiger partial charge on any atom is -0.508 e. The van der Waals surface area contributed by atoms with Gasteiger partial charge in [0.1, 0.15) is 11.5 Å². The first kappa shape index (κ1) is 17.0. The largest absolute Gasteiger partial charge is 0.508 e. The molecule has 8 nitrogen and oxygen atoms in total. The average Bonchev–Trinajstić information content (AvgIpc) is 3.14. The predicted octanol–water partition coefficient (Wildman–Crippen LogP) is 1.42. The van der Waals surface area contributed by atoms with E-state index in [9.17, 15) is 19.8 Å². The van der Waals surface area contributed by atoms with Gasteiger partial charge in [0.05, 0.1) is 0 Å². The molecular formula is C19H18N2O6. The molecule has 0 aliphatic carbocycles. The van der Waals surface area contributed by atoms with E-state index >= 15 is 0 Å². The second-order valence-corrected chi connectivity index (χ2v) is 6.39. The molecule has 0 unspecified atom stereocenters. The zero-order valence-corrected chi connectivity index (χ0v) is 14.4. The summed E-state index contributed by atoms with van der Waals surface area (Å²) in [5.74, 6) is 0.409. The Morgan fingerprint density at radius 2 is 1.30 bits per heavy atom. The maximum atomic E-state index is 12.7. The summed E-state index contributed by atoms with van der Waals surface area (Å²) in [6.07, 6.45) is 0. The van der Waals surface area contributed by atoms with Crippen molar-refractivity contribution in [3.63, 3.8) is 0 Å². The summed E-state index contributed by atoms with van der Waals surface area (Å²) in [6, 6.07) is 8.86. The second kappa shape index (κ2) is 6.71. The predicted molar refractivity (Wildman–Crippen MR) is 94.1 cm³/mol. The summed E-state index contributed by atoms with van der Waals surface area (Å²) < 4.78 is 10.6. The third-order valence-corrected chi connectivity index (χ3v) is 4.62. The highest BCUT2D eigenvalue weighted by molar-refractivity contribution is 5.96. The van der Waals surface area contributed by atoms with E-state index in [0.29, 0.717) is 43.2 Å². The van der Waals surface area contributed by atoms with Crippen molar-refractivity contribution < 1.29 is 29.3 Å². The van der Waals surface area contributed by atoms with E-state index < -0.39 is 0 Å². The number of rotatable bonds is 2. The molecule has 2 aliphatic heterocycles. The van der Waals surface area contributed by atoms with Gasteiger partial charge in [-0.2, -0.15) is 0 Å². The van der Waals surface area contributed by atoms with Crippen LogP contribution in [0.2, 0.25) is 0 Å². The van der Waals surface area contributed by atoms with Crippen LogP contribution >= 0.6 is 0 Å². The van der Waals surface area contributed by atoms with Crippen molar-refractivity contribution in [3.8, 4) is 23.0 Å². The van der Waals surface area contributed by atoms with Crippen LogP contribution in [0.5, 0.6) is 23.0 Å². The minimum atomic E-state index is -0.295. The summed E-state index contributed by atoms with van der Waals surface area (Å²) in [6.45, 7) is 1.67. The molecule has 2 heterocycles. The van der Waals surface area contributed by atoms with E-state index in [-0.39, 0.29) is 35.7 Å². The van der Waals surface area contributed by atoms with Crippen molar-refractivity contribution in [2.75, 3.05) is 33.0 Å². The molecule has 2 aromatic rings. The number of phenols is 2. The van der Waals surface area contributed by atoms with Gasteiger partial charge in [0, 0.05) is 43.4 Å². The number of benzene rings is 2. The first-order chi connectivity index (χ1) is 13.0. The van der Waals surface area contributed by atoms with Gasteiger partial charge in [0.25, 0.3) is 11.8 Å². The van der Waals surface area contributed by atoms with Gasteiger partial charge in [-0.1, -0.05) is 0 Å². The van der Waals surface area contributed by atoms with E-state index in [2.05, 4.69) is 0 Å². The molecular weight excluding hydrogens is 352 g/mol. The molecule has 1 saturated heterocycles. The number of ether oxygens (including phenoxy) is 2. The molecule has 2 aromatic carbocycles. The first-order valence-electron chi connectivity index (χ1n) is 8.52. The highest BCUT2D eigenvalue weighted by atomic mass is 16.7. The number of hydrogen-bond donors (Lipinski definition) is 2. The lowest BCUT2D eigenvalue weighted by molar-refractivity contribution is 0.0535. The Kier molecular flexibility index (Phi) is 4.23. The van der Waals surface area contributed by atoms with Gasteiger partial charge in [-0.25, -0.2) is 0 Å². The lowest BCUT2D eigenvalue weighted by Crippen LogP contribution is -2.50. The summed E-state index contributed by atoms with van der Waals surface area (Å²) in [4.78, 5) is 28.5. The topological polar surface area (TPSA) is 99.5 Å². The van der Waals surface area contributed by atoms with Gasteiger partial charge >= 0.3 is 0 Å². The van der Waals surface area contributed by atoms with E-state index in [1.165, 1.54) is 18.2 Å². The number of phenolic OH excluding ortho intramolecular Hbond substituents is 2. The Labute approximate surface area is 155 Å². The summed E-state index contributed by atoms with van der Waals surface area (Å²) >= 11 is 0. The number of hydrogen-bond acceptors (Lipinski definition) is 6. The van der Waals surface area contributed by atoms with E-state index in [1.54, 1.807) is 28.0 Å². The minimum absolute atomic E-state index is 0.129. The Morgan fingerprint density at radius 3 is 1.93 bits per heavy atom. The van der Waals surface area contributed by atoms with Crippen LogP contribution in [-0.2, 0) is 0 Å². The van der Waals surface area contributed by atoms with Gasteiger partial charge in [-0.15, -0.1) is 0 Å². The molecule has 0 bridgehead atoms. The number of nitrogens with zero attached hydrogens (tertiary/aromatic N) is 2. The normalized spacial score (nSPS) is 15.7. The molecule has 0 radical (unpaired) electrons. The van der Waals surface area contributed by atoms with Crippen LogP contribution in [0.25, 0.3) is 0 Å². The summed E-state index contributed by atoms with van der Waals surface area (Å²) in [5, 5.41) is 19.1. The molecule has 1 fully saturated rings. The van der Waals surface area contributed by atoms with Crippen LogP contribution in [0.15, 0.2) is 36.4 Å². The van der Waals surface area contributed by atoms with Crippen LogP contribution in [0, 0.1) is 0 Å². The molecule has 2 N–H and O–H groups in total. The Bertz CT molecular complexity index is 885. The summed E-state index contributed by atoms with van der Waals surface area (Å²) in [5.41, 5.74) is 0.722. The zero-order chi connectivity index (χ0) is 19.0. The average molecular weight is 370 g/mol. The van der Waals surface area contributed by atoms with Gasteiger partial charge in [0.2, 0.25) is 6.79 Å². The fourth-order valence-corrected chi connectivity index (χ4v) is 3.23. The van der Waals surface area contributed by atoms with Crippen molar-refractivity contribution in [3.05, 3.63) is 47.5 Å². The molecule has 27 heavy (non-hydrogen) atoms. The van der Waals surface area contributed by atoms with Crippen molar-refractivity contribution in [2.45, 2.75) is 0 Å². The number of carbonyl (C=O) groups excluding carboxylic acids is 2. The molecule has 0 spiro atoms. The highest BCUT2D eigenvalue weighted by Crippen LogP contribution is 2.33. The smallest absolute Gasteiger partial charge is 0.254 e.